The number of esters is 1. The minimum atomic E-state index is -3.23. The number of carbonyl (C=O) groups excluding carboxylic acids is 12. The second kappa shape index (κ2) is 43.1. The monoisotopic (exact) mass is 1640 g/mol. The van der Waals surface area contributed by atoms with Gasteiger partial charge in [0.2, 0.25) is 53.2 Å². The lowest BCUT2D eigenvalue weighted by molar-refractivity contribution is -0.142. The number of carboxylic acids is 1. The van der Waals surface area contributed by atoms with Crippen LogP contribution in [0.1, 0.15) is 114 Å². The van der Waals surface area contributed by atoms with Gasteiger partial charge in [0.05, 0.1) is 41.3 Å². The van der Waals surface area contributed by atoms with Crippen LogP contribution in [-0.4, -0.2) is 226 Å². The summed E-state index contributed by atoms with van der Waals surface area (Å²) in [4.78, 5) is 184. The molecule has 5 heterocycles. The molecule has 0 saturated carbocycles. The normalized spacial score (nSPS) is 16.2. The molecule has 9 atom stereocenters. The van der Waals surface area contributed by atoms with E-state index in [0.717, 1.165) is 23.6 Å². The minimum Gasteiger partial charge on any atom is -0.508 e. The first kappa shape index (κ1) is 91.4. The van der Waals surface area contributed by atoms with Crippen molar-refractivity contribution in [3.63, 3.8) is 0 Å². The SMILES string of the molecule is CC(=O)O.CC(C)C[C@H](NC(=O)[C@@H](COC(C)(C)C)NC(=O)[C@H](Cc1ccc(O)cc1)NC(=O)[C@H](CO)NC(=O)[C@H](Cc1c[nH]c2ccccc12)NC(=O)[C@H](Cc1c[nH]cn1)NC(=O)[C@@H]1CCC(=O)N1)C(=O)N[C@@H](CCCNC(=N)N)C(=O)N1CCC[C@H]1C(=O)NNC(N)=O.CS(=O)(=O)c1ccc(C2=C(c3ccccc3)C(=O)OC2)cc1. The molecule has 0 bridgehead atoms. The van der Waals surface area contributed by atoms with E-state index in [-0.39, 0.29) is 112 Å². The summed E-state index contributed by atoms with van der Waals surface area (Å²) in [5.74, 6) is -9.92. The quantitative estimate of drug-likeness (QED) is 0.00814. The maximum atomic E-state index is 14.8. The number of imidazole rings is 1. The Kier molecular flexibility index (Phi) is 33.7. The highest BCUT2D eigenvalue weighted by atomic mass is 32.2. The molecule has 630 valence electrons. The Bertz CT molecular complexity index is 4670. The van der Waals surface area contributed by atoms with Crippen LogP contribution in [-0.2, 0) is 96.1 Å². The molecule has 117 heavy (non-hydrogen) atoms. The van der Waals surface area contributed by atoms with Crippen LogP contribution in [0.3, 0.4) is 0 Å². The number of primary amides is 1. The van der Waals surface area contributed by atoms with Gasteiger partial charge in [-0.2, -0.15) is 0 Å². The number of aromatic nitrogens is 3. The lowest BCUT2D eigenvalue weighted by Gasteiger charge is -2.31. The highest BCUT2D eigenvalue weighted by molar-refractivity contribution is 7.90. The number of aliphatic hydroxyl groups is 1. The number of phenolic OH excluding ortho intramolecular Hbond substituents is 1. The van der Waals surface area contributed by atoms with Crippen molar-refractivity contribution in [1.82, 2.24) is 78.6 Å². The largest absolute Gasteiger partial charge is 0.508 e. The lowest BCUT2D eigenvalue weighted by Crippen LogP contribution is -2.62. The van der Waals surface area contributed by atoms with Crippen LogP contribution in [0.5, 0.6) is 5.75 Å². The summed E-state index contributed by atoms with van der Waals surface area (Å²) in [6, 6.07) is 15.1. The third-order valence-electron chi connectivity index (χ3n) is 18.4. The molecule has 3 aliphatic rings. The van der Waals surface area contributed by atoms with Crippen LogP contribution in [0.25, 0.3) is 22.0 Å². The van der Waals surface area contributed by atoms with Gasteiger partial charge in [-0.05, 0) is 118 Å². The zero-order chi connectivity index (χ0) is 85.8. The summed E-state index contributed by atoms with van der Waals surface area (Å²) in [5.41, 5.74) is 18.8. The van der Waals surface area contributed by atoms with E-state index in [4.69, 9.17) is 36.3 Å². The van der Waals surface area contributed by atoms with Crippen molar-refractivity contribution in [3.05, 3.63) is 150 Å². The number of H-pyrrole nitrogens is 2. The fourth-order valence-electron chi connectivity index (χ4n) is 12.7. The number of guanidine groups is 1. The number of aromatic amines is 2. The number of fused-ring (bicyclic) bond motifs is 1. The topological polar surface area (TPSA) is 591 Å². The standard InChI is InChI=1S/C59H84N18O14.C17H14O4S.C2H4O2/c1-31(2)22-40(49(82)68-39(12-8-20-64-57(60)61)56(89)77-21-9-13-46(77)55(88)75-76-58(62)90)69-54(87)45(29-91-59(3,4)5)74-50(83)41(23-32-14-16-35(79)17-15-32)70-53(86)44(28-78)73-51(84)42(24-33-26-65-37-11-7-6-10-36(33)37)71-52(85)43(25-34-27-63-30-66-34)72-48(81)38-18-19-47(80)67-38;1-22(19,20)14-9-7-12(8-10-14)15-11-21-17(18)16(15)13-5-3-2-4-6-13;1-2(3)4/h6-7,10-11,14-17,26-27,30-31,38-46,65,78-79H,8-9,12-13,18-25,28-29H2,1-5H3,(H,63,66)(H,67,80)(H,68,82)(H,69,87)(H,70,86)(H,71,85)(H,72,81)(H,73,84)(H,74,83)(H,75,88)(H4,60,61,64)(H3,62,76,90);2-10H,11H2,1H3;1H3,(H,3,4)/t38-,39-,40-,41-,42-,43-,44-,45+,46-;;/m0../s1. The van der Waals surface area contributed by atoms with Crippen molar-refractivity contribution < 1.29 is 95.5 Å². The van der Waals surface area contributed by atoms with Gasteiger partial charge in [0.25, 0.3) is 11.9 Å². The number of hydrazine groups is 1. The number of nitrogens with zero attached hydrogens (tertiary/aromatic N) is 2. The first-order valence-corrected chi connectivity index (χ1v) is 39.4. The van der Waals surface area contributed by atoms with E-state index in [1.807, 2.05) is 35.8 Å². The smallest absolute Gasteiger partial charge is 0.339 e. The Morgan fingerprint density at radius 3 is 1.87 bits per heavy atom. The second-order valence-electron chi connectivity index (χ2n) is 29.3. The molecule has 4 aromatic carbocycles. The number of cyclic esters (lactones) is 1. The number of amides is 12. The molecular weight excluding hydrogens is 1540 g/mol. The zero-order valence-corrected chi connectivity index (χ0v) is 66.5. The number of ether oxygens (including phenoxy) is 2. The number of rotatable bonds is 34. The molecule has 12 amide bonds. The first-order valence-electron chi connectivity index (χ1n) is 37.5. The summed E-state index contributed by atoms with van der Waals surface area (Å²) in [7, 11) is -3.23. The number of phenols is 1. The van der Waals surface area contributed by atoms with Gasteiger partial charge in [-0.3, -0.25) is 63.6 Å². The Morgan fingerprint density at radius 2 is 1.28 bits per heavy atom. The van der Waals surface area contributed by atoms with Gasteiger partial charge in [0, 0.05) is 80.8 Å². The first-order chi connectivity index (χ1) is 55.4. The Hall–Kier alpha value is -12.8. The van der Waals surface area contributed by atoms with Crippen LogP contribution in [0.15, 0.2) is 127 Å². The number of likely N-dealkylation sites (tertiary alicyclic amines) is 1. The van der Waals surface area contributed by atoms with Crippen molar-refractivity contribution in [1.29, 1.82) is 5.41 Å². The molecule has 0 aliphatic carbocycles. The number of hydrogen-bond donors (Lipinski definition) is 19. The Morgan fingerprint density at radius 1 is 0.701 bits per heavy atom. The molecule has 39 heteroatoms. The maximum absolute atomic E-state index is 14.8. The Labute approximate surface area is 674 Å². The van der Waals surface area contributed by atoms with Crippen molar-refractivity contribution in [3.8, 4) is 5.75 Å². The molecular formula is C78H102N18O20S. The van der Waals surface area contributed by atoms with Crippen LogP contribution in [0, 0.1) is 11.3 Å². The van der Waals surface area contributed by atoms with Crippen LogP contribution < -0.4 is 70.2 Å². The molecule has 0 unspecified atom stereocenters. The van der Waals surface area contributed by atoms with E-state index in [9.17, 15) is 76.2 Å². The number of carbonyl (C=O) groups is 13. The molecule has 9 rings (SSSR count). The third kappa shape index (κ3) is 28.6. The number of nitrogens with two attached hydrogens (primary N) is 2. The molecule has 2 fully saturated rings. The van der Waals surface area contributed by atoms with Gasteiger partial charge in [-0.1, -0.05) is 86.6 Å². The molecule has 6 aromatic rings. The average molecular weight is 1640 g/mol. The summed E-state index contributed by atoms with van der Waals surface area (Å²) < 4.78 is 34.2. The van der Waals surface area contributed by atoms with E-state index < -0.39 is 148 Å². The highest BCUT2D eigenvalue weighted by Crippen LogP contribution is 2.33. The van der Waals surface area contributed by atoms with E-state index in [1.165, 1.54) is 47.9 Å². The second-order valence-corrected chi connectivity index (χ2v) is 31.3. The van der Waals surface area contributed by atoms with Crippen LogP contribution in [0.4, 0.5) is 4.79 Å². The predicted molar refractivity (Wildman–Crippen MR) is 425 cm³/mol. The number of aromatic hydroxyl groups is 1. The number of carboxylic acid groups (broad SMARTS) is 1. The van der Waals surface area contributed by atoms with Crippen LogP contribution >= 0.6 is 0 Å². The van der Waals surface area contributed by atoms with E-state index in [2.05, 4.69) is 68.2 Å². The van der Waals surface area contributed by atoms with E-state index >= 15 is 0 Å². The molecule has 0 radical (unpaired) electrons. The third-order valence-corrected chi connectivity index (χ3v) is 19.5. The van der Waals surface area contributed by atoms with Crippen molar-refractivity contribution in [2.75, 3.05) is 39.2 Å². The highest BCUT2D eigenvalue weighted by Gasteiger charge is 2.41. The van der Waals surface area contributed by atoms with Gasteiger partial charge < -0.3 is 99.0 Å². The van der Waals surface area contributed by atoms with Crippen molar-refractivity contribution in [2.45, 2.75) is 171 Å². The van der Waals surface area contributed by atoms with Gasteiger partial charge >= 0.3 is 12.0 Å². The molecule has 38 nitrogen and oxygen atoms in total. The molecule has 2 saturated heterocycles. The number of aliphatic carboxylic acids is 1. The summed E-state index contributed by atoms with van der Waals surface area (Å²) in [5, 5.41) is 60.4. The average Bonchev–Trinajstić information content (AvgIpc) is 1.68. The minimum absolute atomic E-state index is 0.00232. The van der Waals surface area contributed by atoms with Crippen molar-refractivity contribution in [2.24, 2.45) is 17.4 Å². The van der Waals surface area contributed by atoms with Crippen molar-refractivity contribution >= 4 is 115 Å². The molecule has 2 aromatic heterocycles. The summed E-state index contributed by atoms with van der Waals surface area (Å²) >= 11 is 0. The number of urea groups is 1. The summed E-state index contributed by atoms with van der Waals surface area (Å²) in [6.07, 6.45) is 6.12. The molecule has 21 N–H and O–H groups in total. The van der Waals surface area contributed by atoms with Gasteiger partial charge in [-0.15, -0.1) is 0 Å². The predicted octanol–water partition coefficient (Wildman–Crippen LogP) is -0.247. The summed E-state index contributed by atoms with van der Waals surface area (Å²) in [6.45, 7) is 8.61. The van der Waals surface area contributed by atoms with E-state index in [1.54, 1.807) is 89.3 Å². The number of sulfone groups is 1. The fourth-order valence-corrected chi connectivity index (χ4v) is 13.3. The number of hydrogen-bond acceptors (Lipinski definition) is 21. The van der Waals surface area contributed by atoms with Gasteiger partial charge in [-0.25, -0.2) is 28.4 Å². The number of benzene rings is 4. The maximum Gasteiger partial charge on any atom is 0.339 e. The van der Waals surface area contributed by atoms with Gasteiger partial charge in [0.15, 0.2) is 15.8 Å². The Balaban J connectivity index is 0.000000611. The molecule has 3 aliphatic heterocycles. The molecule has 0 spiro atoms. The number of para-hydroxylation sites is 1. The van der Waals surface area contributed by atoms with E-state index in [0.29, 0.717) is 39.7 Å². The van der Waals surface area contributed by atoms with Crippen LogP contribution in [0.2, 0.25) is 0 Å². The van der Waals surface area contributed by atoms with Gasteiger partial charge in [0.1, 0.15) is 66.7 Å². The number of nitrogens with one attached hydrogen (secondary N) is 14. The zero-order valence-electron chi connectivity index (χ0n) is 65.7. The number of aliphatic hydroxyl groups excluding tert-OH is 1. The lowest BCUT2D eigenvalue weighted by atomic mass is 9.97. The fraction of sp³-hybridized carbons (Fsp3) is 0.423.